The van der Waals surface area contributed by atoms with Crippen molar-refractivity contribution >= 4 is 46.6 Å². The van der Waals surface area contributed by atoms with Crippen molar-refractivity contribution in [1.29, 1.82) is 0 Å². The van der Waals surface area contributed by atoms with Crippen molar-refractivity contribution in [2.75, 3.05) is 11.1 Å². The first kappa shape index (κ1) is 22.3. The summed E-state index contributed by atoms with van der Waals surface area (Å²) in [4.78, 5) is 12.0. The number of hydrogen-bond donors (Lipinski definition) is 1. The number of thioether (sulfide) groups is 1. The Kier molecular flexibility index (Phi) is 7.11. The van der Waals surface area contributed by atoms with E-state index in [0.717, 1.165) is 30.0 Å². The molecule has 6 nitrogen and oxygen atoms in total. The first-order valence-corrected chi connectivity index (χ1v) is 9.95. The third-order valence-corrected chi connectivity index (χ3v) is 4.92. The second-order valence-electron chi connectivity index (χ2n) is 5.73. The lowest BCUT2D eigenvalue weighted by atomic mass is 10.2. The summed E-state index contributed by atoms with van der Waals surface area (Å²) in [6.07, 6.45) is -4.55. The molecule has 2 aromatic carbocycles. The van der Waals surface area contributed by atoms with E-state index >= 15 is 0 Å². The molecule has 3 rings (SSSR count). The second kappa shape index (κ2) is 9.59. The van der Waals surface area contributed by atoms with Crippen molar-refractivity contribution in [1.82, 2.24) is 10.2 Å². The van der Waals surface area contributed by atoms with Crippen LogP contribution in [0.4, 0.5) is 18.9 Å². The standard InChI is InChI=1S/C18H12Cl2F3N3O3S/c19-11-2-4-12(5-3-11)28-8-16-25-26-17(29-16)30-9-15(27)24-14-7-10(18(21,22)23)1-6-13(14)20/h1-7H,8-9H2,(H,24,27). The van der Waals surface area contributed by atoms with E-state index in [2.05, 4.69) is 15.5 Å². The fourth-order valence-electron chi connectivity index (χ4n) is 2.14. The Bertz CT molecular complexity index is 1030. The summed E-state index contributed by atoms with van der Waals surface area (Å²) in [5.41, 5.74) is -1.06. The highest BCUT2D eigenvalue weighted by molar-refractivity contribution is 7.99. The van der Waals surface area contributed by atoms with Gasteiger partial charge in [-0.3, -0.25) is 4.79 Å². The van der Waals surface area contributed by atoms with E-state index in [4.69, 9.17) is 32.4 Å². The van der Waals surface area contributed by atoms with Crippen LogP contribution in [0.3, 0.4) is 0 Å². The first-order valence-electron chi connectivity index (χ1n) is 8.21. The second-order valence-corrected chi connectivity index (χ2v) is 7.50. The predicted molar refractivity (Wildman–Crippen MR) is 106 cm³/mol. The van der Waals surface area contributed by atoms with Gasteiger partial charge in [0.2, 0.25) is 5.91 Å². The SMILES string of the molecule is O=C(CSc1nnc(COc2ccc(Cl)cc2)o1)Nc1cc(C(F)(F)F)ccc1Cl. The fourth-order valence-corrected chi connectivity index (χ4v) is 3.01. The quantitative estimate of drug-likeness (QED) is 0.439. The number of aromatic nitrogens is 2. The molecule has 0 spiro atoms. The van der Waals surface area contributed by atoms with Gasteiger partial charge in [-0.1, -0.05) is 35.0 Å². The lowest BCUT2D eigenvalue weighted by Gasteiger charge is -2.11. The van der Waals surface area contributed by atoms with E-state index in [1.165, 1.54) is 0 Å². The van der Waals surface area contributed by atoms with Gasteiger partial charge in [0, 0.05) is 5.02 Å². The van der Waals surface area contributed by atoms with Crippen LogP contribution in [-0.2, 0) is 17.6 Å². The molecular weight excluding hydrogens is 466 g/mol. The van der Waals surface area contributed by atoms with Crippen molar-refractivity contribution in [3.63, 3.8) is 0 Å². The van der Waals surface area contributed by atoms with E-state index in [9.17, 15) is 18.0 Å². The lowest BCUT2D eigenvalue weighted by molar-refractivity contribution is -0.137. The van der Waals surface area contributed by atoms with Gasteiger partial charge in [0.1, 0.15) is 5.75 Å². The minimum atomic E-state index is -4.55. The number of nitrogens with zero attached hydrogens (tertiary/aromatic N) is 2. The van der Waals surface area contributed by atoms with Gasteiger partial charge in [-0.05, 0) is 42.5 Å². The van der Waals surface area contributed by atoms with Crippen molar-refractivity contribution in [3.05, 3.63) is 64.0 Å². The summed E-state index contributed by atoms with van der Waals surface area (Å²) < 4.78 is 49.2. The number of nitrogens with one attached hydrogen (secondary N) is 1. The van der Waals surface area contributed by atoms with E-state index in [1.54, 1.807) is 24.3 Å². The lowest BCUT2D eigenvalue weighted by Crippen LogP contribution is -2.15. The third-order valence-electron chi connectivity index (χ3n) is 3.52. The number of anilines is 1. The highest BCUT2D eigenvalue weighted by atomic mass is 35.5. The molecular formula is C18H12Cl2F3N3O3S. The van der Waals surface area contributed by atoms with Crippen molar-refractivity contribution in [3.8, 4) is 5.75 Å². The van der Waals surface area contributed by atoms with Gasteiger partial charge in [0.15, 0.2) is 6.61 Å². The van der Waals surface area contributed by atoms with Gasteiger partial charge in [0.25, 0.3) is 11.1 Å². The van der Waals surface area contributed by atoms with Crippen LogP contribution < -0.4 is 10.1 Å². The van der Waals surface area contributed by atoms with Crippen LogP contribution in [0, 0.1) is 0 Å². The zero-order chi connectivity index (χ0) is 21.7. The van der Waals surface area contributed by atoms with Crippen LogP contribution >= 0.6 is 35.0 Å². The van der Waals surface area contributed by atoms with Crippen molar-refractivity contribution < 1.29 is 27.1 Å². The molecule has 158 valence electrons. The van der Waals surface area contributed by atoms with Crippen molar-refractivity contribution in [2.24, 2.45) is 0 Å². The maximum atomic E-state index is 12.8. The van der Waals surface area contributed by atoms with Crippen LogP contribution in [0.2, 0.25) is 10.0 Å². The zero-order valence-corrected chi connectivity index (χ0v) is 17.2. The molecule has 0 saturated heterocycles. The molecule has 1 heterocycles. The number of amides is 1. The highest BCUT2D eigenvalue weighted by Crippen LogP contribution is 2.34. The number of carbonyl (C=O) groups is 1. The van der Waals surface area contributed by atoms with Crippen LogP contribution in [0.25, 0.3) is 0 Å². The Morgan fingerprint density at radius 2 is 1.87 bits per heavy atom. The number of carbonyl (C=O) groups excluding carboxylic acids is 1. The molecule has 0 bridgehead atoms. The summed E-state index contributed by atoms with van der Waals surface area (Å²) in [6, 6.07) is 9.36. The summed E-state index contributed by atoms with van der Waals surface area (Å²) in [7, 11) is 0. The van der Waals surface area contributed by atoms with Gasteiger partial charge in [-0.15, -0.1) is 10.2 Å². The fraction of sp³-hybridized carbons (Fsp3) is 0.167. The van der Waals surface area contributed by atoms with Gasteiger partial charge in [-0.25, -0.2) is 0 Å². The maximum absolute atomic E-state index is 12.8. The minimum absolute atomic E-state index is 0.0132. The van der Waals surface area contributed by atoms with E-state index in [0.29, 0.717) is 10.8 Å². The monoisotopic (exact) mass is 477 g/mol. The van der Waals surface area contributed by atoms with Crippen LogP contribution in [0.15, 0.2) is 52.1 Å². The predicted octanol–water partition coefficient (Wildman–Crippen LogP) is 5.71. The van der Waals surface area contributed by atoms with Crippen molar-refractivity contribution in [2.45, 2.75) is 18.0 Å². The summed E-state index contributed by atoms with van der Waals surface area (Å²) >= 11 is 12.6. The van der Waals surface area contributed by atoms with Crippen LogP contribution in [-0.4, -0.2) is 21.9 Å². The minimum Gasteiger partial charge on any atom is -0.484 e. The Hall–Kier alpha value is -2.43. The molecule has 0 radical (unpaired) electrons. The number of hydrogen-bond acceptors (Lipinski definition) is 6. The average Bonchev–Trinajstić information content (AvgIpc) is 3.15. The Balaban J connectivity index is 1.51. The summed E-state index contributed by atoms with van der Waals surface area (Å²) in [5.74, 6) is -0.0111. The number of benzene rings is 2. The maximum Gasteiger partial charge on any atom is 0.416 e. The Labute approximate surface area is 182 Å². The molecule has 12 heteroatoms. The molecule has 0 saturated carbocycles. The average molecular weight is 478 g/mol. The van der Waals surface area contributed by atoms with E-state index in [1.807, 2.05) is 0 Å². The normalized spacial score (nSPS) is 11.4. The molecule has 1 aromatic heterocycles. The molecule has 0 aliphatic carbocycles. The van der Waals surface area contributed by atoms with E-state index in [-0.39, 0.29) is 34.2 Å². The molecule has 0 unspecified atom stereocenters. The molecule has 0 atom stereocenters. The molecule has 0 aliphatic rings. The largest absolute Gasteiger partial charge is 0.484 e. The van der Waals surface area contributed by atoms with Gasteiger partial charge < -0.3 is 14.5 Å². The van der Waals surface area contributed by atoms with Gasteiger partial charge in [0.05, 0.1) is 22.0 Å². The highest BCUT2D eigenvalue weighted by Gasteiger charge is 2.31. The molecule has 30 heavy (non-hydrogen) atoms. The number of rotatable bonds is 7. The van der Waals surface area contributed by atoms with Gasteiger partial charge in [-0.2, -0.15) is 13.2 Å². The Morgan fingerprint density at radius 3 is 2.57 bits per heavy atom. The molecule has 0 aliphatic heterocycles. The first-order chi connectivity index (χ1) is 14.2. The topological polar surface area (TPSA) is 77.2 Å². The van der Waals surface area contributed by atoms with Crippen LogP contribution in [0.5, 0.6) is 5.75 Å². The van der Waals surface area contributed by atoms with Gasteiger partial charge >= 0.3 is 6.18 Å². The molecule has 1 N–H and O–H groups in total. The Morgan fingerprint density at radius 1 is 1.13 bits per heavy atom. The number of alkyl halides is 3. The van der Waals surface area contributed by atoms with E-state index < -0.39 is 17.6 Å². The van der Waals surface area contributed by atoms with Crippen LogP contribution in [0.1, 0.15) is 11.5 Å². The zero-order valence-electron chi connectivity index (χ0n) is 14.9. The smallest absolute Gasteiger partial charge is 0.416 e. The summed E-state index contributed by atoms with van der Waals surface area (Å²) in [5, 5.41) is 10.6. The summed E-state index contributed by atoms with van der Waals surface area (Å²) in [6.45, 7) is 0.0151. The number of halogens is 5. The molecule has 0 fully saturated rings. The number of ether oxygens (including phenoxy) is 1. The third kappa shape index (κ3) is 6.28. The molecule has 3 aromatic rings. The molecule has 1 amide bonds.